The van der Waals surface area contributed by atoms with E-state index in [4.69, 9.17) is 21.3 Å². The predicted octanol–water partition coefficient (Wildman–Crippen LogP) is 2.46. The Morgan fingerprint density at radius 1 is 1.27 bits per heavy atom. The summed E-state index contributed by atoms with van der Waals surface area (Å²) in [7, 11) is 0. The first kappa shape index (κ1) is 9.69. The maximum atomic E-state index is 8.44. The van der Waals surface area contributed by atoms with E-state index in [1.807, 2.05) is 6.07 Å². The van der Waals surface area contributed by atoms with E-state index in [0.717, 1.165) is 5.56 Å². The minimum atomic E-state index is 0.126. The molecule has 0 radical (unpaired) electrons. The second-order valence-corrected chi connectivity index (χ2v) is 3.28. The highest BCUT2D eigenvalue weighted by Crippen LogP contribution is 2.20. The molecule has 0 bridgehead atoms. The smallest absolute Gasteiger partial charge is 0.247 e. The minimum absolute atomic E-state index is 0.126. The third-order valence-corrected chi connectivity index (χ3v) is 2.04. The first-order valence-corrected chi connectivity index (χ1v) is 4.62. The second-order valence-electron chi connectivity index (χ2n) is 2.84. The highest BCUT2D eigenvalue weighted by molar-refractivity contribution is 6.30. The van der Waals surface area contributed by atoms with Crippen LogP contribution in [0.2, 0.25) is 5.02 Å². The molecule has 0 aliphatic carbocycles. The van der Waals surface area contributed by atoms with Crippen LogP contribution in [0.5, 0.6) is 0 Å². The average molecular weight is 220 g/mol. The van der Waals surface area contributed by atoms with Gasteiger partial charge >= 0.3 is 0 Å². The van der Waals surface area contributed by atoms with Gasteiger partial charge in [0.25, 0.3) is 0 Å². The maximum absolute atomic E-state index is 8.44. The molecule has 4 nitrogen and oxygen atoms in total. The number of aromatic nitrogens is 2. The monoisotopic (exact) mass is 219 g/mol. The van der Waals surface area contributed by atoms with Gasteiger partial charge in [-0.1, -0.05) is 11.6 Å². The summed E-state index contributed by atoms with van der Waals surface area (Å²) < 4.78 is 5.26. The fourth-order valence-corrected chi connectivity index (χ4v) is 1.23. The SMILES string of the molecule is N#CCc1nnc(-c2ccc(Cl)cc2)o1. The largest absolute Gasteiger partial charge is 0.420 e. The Labute approximate surface area is 91.1 Å². The Morgan fingerprint density at radius 2 is 2.00 bits per heavy atom. The summed E-state index contributed by atoms with van der Waals surface area (Å²) >= 11 is 5.74. The average Bonchev–Trinajstić information content (AvgIpc) is 2.68. The molecule has 1 aromatic heterocycles. The summed E-state index contributed by atoms with van der Waals surface area (Å²) in [4.78, 5) is 0. The lowest BCUT2D eigenvalue weighted by atomic mass is 10.2. The zero-order chi connectivity index (χ0) is 10.7. The third-order valence-electron chi connectivity index (χ3n) is 1.79. The number of halogens is 1. The topological polar surface area (TPSA) is 62.7 Å². The number of benzene rings is 1. The third kappa shape index (κ3) is 2.14. The van der Waals surface area contributed by atoms with Gasteiger partial charge in [0, 0.05) is 10.6 Å². The first-order valence-electron chi connectivity index (χ1n) is 4.25. The van der Waals surface area contributed by atoms with Crippen LogP contribution in [0.15, 0.2) is 28.7 Å². The molecule has 0 unspecified atom stereocenters. The Morgan fingerprint density at radius 3 is 2.67 bits per heavy atom. The van der Waals surface area contributed by atoms with E-state index in [0.29, 0.717) is 16.8 Å². The predicted molar refractivity (Wildman–Crippen MR) is 54.1 cm³/mol. The van der Waals surface area contributed by atoms with Crippen LogP contribution in [0, 0.1) is 11.3 Å². The molecule has 0 saturated heterocycles. The van der Waals surface area contributed by atoms with Crippen LogP contribution in [0.3, 0.4) is 0 Å². The van der Waals surface area contributed by atoms with E-state index < -0.39 is 0 Å². The van der Waals surface area contributed by atoms with E-state index in [-0.39, 0.29) is 6.42 Å². The van der Waals surface area contributed by atoms with Crippen molar-refractivity contribution in [3.8, 4) is 17.5 Å². The summed E-state index contributed by atoms with van der Waals surface area (Å²) in [6.07, 6.45) is 0.126. The fourth-order valence-electron chi connectivity index (χ4n) is 1.10. The maximum Gasteiger partial charge on any atom is 0.247 e. The molecule has 74 valence electrons. The molecule has 2 aromatic rings. The van der Waals surface area contributed by atoms with Crippen molar-refractivity contribution in [2.45, 2.75) is 6.42 Å². The Balaban J connectivity index is 2.30. The molecule has 0 amide bonds. The first-order chi connectivity index (χ1) is 7.29. The fraction of sp³-hybridized carbons (Fsp3) is 0.100. The Bertz CT molecular complexity index is 498. The van der Waals surface area contributed by atoms with Gasteiger partial charge < -0.3 is 4.42 Å². The van der Waals surface area contributed by atoms with E-state index in [9.17, 15) is 0 Å². The van der Waals surface area contributed by atoms with Gasteiger partial charge in [-0.3, -0.25) is 0 Å². The van der Waals surface area contributed by atoms with Gasteiger partial charge in [0.05, 0.1) is 6.07 Å². The molecule has 0 fully saturated rings. The molecular weight excluding hydrogens is 214 g/mol. The highest BCUT2D eigenvalue weighted by atomic mass is 35.5. The van der Waals surface area contributed by atoms with Gasteiger partial charge in [-0.2, -0.15) is 5.26 Å². The number of rotatable bonds is 2. The number of nitrogens with zero attached hydrogens (tertiary/aromatic N) is 3. The van der Waals surface area contributed by atoms with Crippen LogP contribution >= 0.6 is 11.6 Å². The Kier molecular flexibility index (Phi) is 2.66. The normalized spacial score (nSPS) is 9.87. The summed E-state index contributed by atoms with van der Waals surface area (Å²) in [5.41, 5.74) is 0.788. The van der Waals surface area contributed by atoms with Gasteiger partial charge in [0.2, 0.25) is 11.8 Å². The van der Waals surface area contributed by atoms with Crippen molar-refractivity contribution in [2.75, 3.05) is 0 Å². The molecule has 5 heteroatoms. The lowest BCUT2D eigenvalue weighted by Gasteiger charge is -1.93. The van der Waals surface area contributed by atoms with E-state index >= 15 is 0 Å². The standard InChI is InChI=1S/C10H6ClN3O/c11-8-3-1-7(2-4-8)10-14-13-9(15-10)5-6-12/h1-4H,5H2. The highest BCUT2D eigenvalue weighted by Gasteiger charge is 2.07. The minimum Gasteiger partial charge on any atom is -0.420 e. The van der Waals surface area contributed by atoms with Crippen molar-refractivity contribution in [3.63, 3.8) is 0 Å². The molecular formula is C10H6ClN3O. The number of hydrogen-bond donors (Lipinski definition) is 0. The van der Waals surface area contributed by atoms with Crippen molar-refractivity contribution >= 4 is 11.6 Å². The lowest BCUT2D eigenvalue weighted by molar-refractivity contribution is 0.522. The molecule has 0 spiro atoms. The number of nitriles is 1. The van der Waals surface area contributed by atoms with Crippen molar-refractivity contribution in [1.29, 1.82) is 5.26 Å². The zero-order valence-corrected chi connectivity index (χ0v) is 8.40. The molecule has 0 aliphatic rings. The van der Waals surface area contributed by atoms with Gasteiger partial charge in [-0.05, 0) is 24.3 Å². The summed E-state index contributed by atoms with van der Waals surface area (Å²) in [5.74, 6) is 0.722. The summed E-state index contributed by atoms with van der Waals surface area (Å²) in [5, 5.41) is 16.6. The van der Waals surface area contributed by atoms with Crippen molar-refractivity contribution in [1.82, 2.24) is 10.2 Å². The van der Waals surface area contributed by atoms with Gasteiger partial charge in [-0.25, -0.2) is 0 Å². The van der Waals surface area contributed by atoms with Crippen LogP contribution in [0.25, 0.3) is 11.5 Å². The molecule has 1 heterocycles. The van der Waals surface area contributed by atoms with Crippen LogP contribution in [0.1, 0.15) is 5.89 Å². The van der Waals surface area contributed by atoms with Gasteiger partial charge in [0.1, 0.15) is 6.42 Å². The van der Waals surface area contributed by atoms with Crippen molar-refractivity contribution in [2.24, 2.45) is 0 Å². The summed E-state index contributed by atoms with van der Waals surface area (Å²) in [6.45, 7) is 0. The summed E-state index contributed by atoms with van der Waals surface area (Å²) in [6, 6.07) is 8.99. The lowest BCUT2D eigenvalue weighted by Crippen LogP contribution is -1.78. The van der Waals surface area contributed by atoms with E-state index in [2.05, 4.69) is 10.2 Å². The molecule has 2 rings (SSSR count). The zero-order valence-electron chi connectivity index (χ0n) is 7.64. The van der Waals surface area contributed by atoms with Crippen LogP contribution in [0.4, 0.5) is 0 Å². The van der Waals surface area contributed by atoms with Crippen LogP contribution < -0.4 is 0 Å². The molecule has 1 aromatic carbocycles. The Hall–Kier alpha value is -1.86. The van der Waals surface area contributed by atoms with Gasteiger partial charge in [-0.15, -0.1) is 10.2 Å². The molecule has 0 atom stereocenters. The molecule has 0 aliphatic heterocycles. The van der Waals surface area contributed by atoms with Crippen LogP contribution in [-0.4, -0.2) is 10.2 Å². The van der Waals surface area contributed by atoms with Gasteiger partial charge in [0.15, 0.2) is 0 Å². The molecule has 0 N–H and O–H groups in total. The molecule has 15 heavy (non-hydrogen) atoms. The van der Waals surface area contributed by atoms with E-state index in [1.54, 1.807) is 24.3 Å². The van der Waals surface area contributed by atoms with E-state index in [1.165, 1.54) is 0 Å². The number of hydrogen-bond acceptors (Lipinski definition) is 4. The van der Waals surface area contributed by atoms with Crippen molar-refractivity contribution < 1.29 is 4.42 Å². The van der Waals surface area contributed by atoms with Crippen molar-refractivity contribution in [3.05, 3.63) is 35.2 Å². The second kappa shape index (κ2) is 4.11. The molecule has 0 saturated carbocycles. The quantitative estimate of drug-likeness (QED) is 0.778. The van der Waals surface area contributed by atoms with Crippen LogP contribution in [-0.2, 0) is 6.42 Å².